The van der Waals surface area contributed by atoms with Gasteiger partial charge in [-0.1, -0.05) is 30.3 Å². The van der Waals surface area contributed by atoms with E-state index in [-0.39, 0.29) is 11.9 Å². The number of rotatable bonds is 6. The van der Waals surface area contributed by atoms with E-state index in [1.807, 2.05) is 48.5 Å². The maximum absolute atomic E-state index is 12.0. The van der Waals surface area contributed by atoms with E-state index >= 15 is 0 Å². The summed E-state index contributed by atoms with van der Waals surface area (Å²) < 4.78 is 0. The summed E-state index contributed by atoms with van der Waals surface area (Å²) in [4.78, 5) is 25.2. The van der Waals surface area contributed by atoms with Crippen LogP contribution in [0, 0.1) is 0 Å². The molecule has 0 aliphatic heterocycles. The Balaban J connectivity index is 1.83. The molecule has 6 heteroatoms. The molecule has 0 fully saturated rings. The molecule has 4 N–H and O–H groups in total. The van der Waals surface area contributed by atoms with Crippen LogP contribution in [0.2, 0.25) is 0 Å². The third-order valence-corrected chi connectivity index (χ3v) is 3.75. The van der Waals surface area contributed by atoms with Gasteiger partial charge >= 0.3 is 6.03 Å². The molecule has 0 bridgehead atoms. The molecule has 0 saturated heterocycles. The van der Waals surface area contributed by atoms with Crippen LogP contribution in [0.4, 0.5) is 16.2 Å². The predicted octanol–water partition coefficient (Wildman–Crippen LogP) is 2.61. The molecule has 0 heterocycles. The molecule has 0 atom stereocenters. The standard InChI is InChI=1S/C19H24N4O2/c1-23(2)19(25)22-16-8-5-6-14(12-16)13-21-18(24)11-10-15-7-3-4-9-17(15)20/h3-9,12H,10-11,13,20H2,1-2H3,(H,21,24)(H,22,25). The van der Waals surface area contributed by atoms with Gasteiger partial charge in [-0.05, 0) is 35.7 Å². The lowest BCUT2D eigenvalue weighted by atomic mass is 10.1. The molecule has 6 nitrogen and oxygen atoms in total. The van der Waals surface area contributed by atoms with Crippen molar-refractivity contribution in [1.29, 1.82) is 0 Å². The smallest absolute Gasteiger partial charge is 0.321 e. The van der Waals surface area contributed by atoms with Gasteiger partial charge in [-0.15, -0.1) is 0 Å². The summed E-state index contributed by atoms with van der Waals surface area (Å²) in [6.45, 7) is 0.411. The number of anilines is 2. The second-order valence-corrected chi connectivity index (χ2v) is 6.00. The molecule has 2 aromatic rings. The highest BCUT2D eigenvalue weighted by molar-refractivity contribution is 5.89. The summed E-state index contributed by atoms with van der Waals surface area (Å²) >= 11 is 0. The van der Waals surface area contributed by atoms with Crippen molar-refractivity contribution in [2.75, 3.05) is 25.1 Å². The van der Waals surface area contributed by atoms with E-state index in [1.165, 1.54) is 4.90 Å². The summed E-state index contributed by atoms with van der Waals surface area (Å²) in [5.41, 5.74) is 9.18. The van der Waals surface area contributed by atoms with Crippen molar-refractivity contribution in [3.8, 4) is 0 Å². The number of nitrogen functional groups attached to an aromatic ring is 1. The van der Waals surface area contributed by atoms with Crippen LogP contribution in [0.3, 0.4) is 0 Å². The van der Waals surface area contributed by atoms with Gasteiger partial charge in [0.15, 0.2) is 0 Å². The first-order valence-electron chi connectivity index (χ1n) is 8.13. The number of hydrogen-bond donors (Lipinski definition) is 3. The average Bonchev–Trinajstić information content (AvgIpc) is 2.59. The highest BCUT2D eigenvalue weighted by Gasteiger charge is 2.06. The Hall–Kier alpha value is -3.02. The zero-order chi connectivity index (χ0) is 18.2. The fraction of sp³-hybridized carbons (Fsp3) is 0.263. The number of carbonyl (C=O) groups is 2. The van der Waals surface area contributed by atoms with Crippen LogP contribution in [0.5, 0.6) is 0 Å². The van der Waals surface area contributed by atoms with Crippen LogP contribution in [0.25, 0.3) is 0 Å². The predicted molar refractivity (Wildman–Crippen MR) is 100 cm³/mol. The third kappa shape index (κ3) is 5.84. The minimum atomic E-state index is -0.193. The van der Waals surface area contributed by atoms with Gasteiger partial charge in [0.2, 0.25) is 5.91 Å². The number of para-hydroxylation sites is 1. The zero-order valence-corrected chi connectivity index (χ0v) is 14.6. The Labute approximate surface area is 148 Å². The van der Waals surface area contributed by atoms with Gasteiger partial charge in [0, 0.05) is 38.4 Å². The van der Waals surface area contributed by atoms with Gasteiger partial charge < -0.3 is 21.3 Å². The van der Waals surface area contributed by atoms with Crippen LogP contribution in [0.15, 0.2) is 48.5 Å². The van der Waals surface area contributed by atoms with Crippen molar-refractivity contribution in [1.82, 2.24) is 10.2 Å². The molecule has 0 aromatic heterocycles. The van der Waals surface area contributed by atoms with E-state index in [1.54, 1.807) is 14.1 Å². The van der Waals surface area contributed by atoms with E-state index in [0.29, 0.717) is 30.8 Å². The zero-order valence-electron chi connectivity index (χ0n) is 14.6. The van der Waals surface area contributed by atoms with Crippen LogP contribution < -0.4 is 16.4 Å². The fourth-order valence-corrected chi connectivity index (χ4v) is 2.29. The van der Waals surface area contributed by atoms with Gasteiger partial charge in [0.25, 0.3) is 0 Å². The van der Waals surface area contributed by atoms with Crippen molar-refractivity contribution in [2.45, 2.75) is 19.4 Å². The number of benzene rings is 2. The highest BCUT2D eigenvalue weighted by Crippen LogP contribution is 2.13. The van der Waals surface area contributed by atoms with Gasteiger partial charge in [-0.2, -0.15) is 0 Å². The summed E-state index contributed by atoms with van der Waals surface area (Å²) in [6, 6.07) is 14.8. The minimum absolute atomic E-state index is 0.0361. The molecule has 0 aliphatic carbocycles. The number of aryl methyl sites for hydroxylation is 1. The van der Waals surface area contributed by atoms with Crippen LogP contribution in [-0.2, 0) is 17.8 Å². The van der Waals surface area contributed by atoms with Crippen molar-refractivity contribution >= 4 is 23.3 Å². The number of carbonyl (C=O) groups excluding carboxylic acids is 2. The first-order valence-corrected chi connectivity index (χ1v) is 8.13. The molecule has 0 aliphatic rings. The average molecular weight is 340 g/mol. The van der Waals surface area contributed by atoms with Crippen molar-refractivity contribution in [3.05, 3.63) is 59.7 Å². The van der Waals surface area contributed by atoms with E-state index in [4.69, 9.17) is 5.73 Å². The number of amides is 3. The number of nitrogens with zero attached hydrogens (tertiary/aromatic N) is 1. The molecule has 132 valence electrons. The van der Waals surface area contributed by atoms with Crippen molar-refractivity contribution in [3.63, 3.8) is 0 Å². The Morgan fingerprint density at radius 3 is 2.56 bits per heavy atom. The number of hydrogen-bond acceptors (Lipinski definition) is 3. The molecular formula is C19H24N4O2. The third-order valence-electron chi connectivity index (χ3n) is 3.75. The van der Waals surface area contributed by atoms with Crippen molar-refractivity contribution < 1.29 is 9.59 Å². The lowest BCUT2D eigenvalue weighted by molar-refractivity contribution is -0.121. The second-order valence-electron chi connectivity index (χ2n) is 6.00. The summed E-state index contributed by atoms with van der Waals surface area (Å²) in [5.74, 6) is -0.0361. The van der Waals surface area contributed by atoms with Crippen LogP contribution >= 0.6 is 0 Å². The van der Waals surface area contributed by atoms with Crippen molar-refractivity contribution in [2.24, 2.45) is 0 Å². The lowest BCUT2D eigenvalue weighted by Crippen LogP contribution is -2.27. The number of nitrogens with two attached hydrogens (primary N) is 1. The first-order chi connectivity index (χ1) is 12.0. The Morgan fingerprint density at radius 1 is 1.08 bits per heavy atom. The quantitative estimate of drug-likeness (QED) is 0.706. The van der Waals surface area contributed by atoms with Gasteiger partial charge in [-0.25, -0.2) is 4.79 Å². The Morgan fingerprint density at radius 2 is 1.84 bits per heavy atom. The number of urea groups is 1. The highest BCUT2D eigenvalue weighted by atomic mass is 16.2. The van der Waals surface area contributed by atoms with Gasteiger partial charge in [0.05, 0.1) is 0 Å². The van der Waals surface area contributed by atoms with Crippen LogP contribution in [0.1, 0.15) is 17.5 Å². The summed E-state index contributed by atoms with van der Waals surface area (Å²) in [6.07, 6.45) is 0.989. The van der Waals surface area contributed by atoms with E-state index in [2.05, 4.69) is 10.6 Å². The van der Waals surface area contributed by atoms with Crippen LogP contribution in [-0.4, -0.2) is 30.9 Å². The maximum Gasteiger partial charge on any atom is 0.321 e. The van der Waals surface area contributed by atoms with E-state index < -0.39 is 0 Å². The summed E-state index contributed by atoms with van der Waals surface area (Å²) in [7, 11) is 3.36. The minimum Gasteiger partial charge on any atom is -0.399 e. The molecule has 2 rings (SSSR count). The fourth-order valence-electron chi connectivity index (χ4n) is 2.29. The van der Waals surface area contributed by atoms with Gasteiger partial charge in [-0.3, -0.25) is 4.79 Å². The lowest BCUT2D eigenvalue weighted by Gasteiger charge is -2.13. The largest absolute Gasteiger partial charge is 0.399 e. The summed E-state index contributed by atoms with van der Waals surface area (Å²) in [5, 5.41) is 5.67. The molecule has 0 saturated carbocycles. The second kappa shape index (κ2) is 8.73. The molecular weight excluding hydrogens is 316 g/mol. The topological polar surface area (TPSA) is 87.5 Å². The molecule has 2 aromatic carbocycles. The monoisotopic (exact) mass is 340 g/mol. The Kier molecular flexibility index (Phi) is 6.39. The Bertz CT molecular complexity index is 744. The van der Waals surface area contributed by atoms with E-state index in [9.17, 15) is 9.59 Å². The molecule has 0 spiro atoms. The molecule has 3 amide bonds. The first kappa shape index (κ1) is 18.3. The van der Waals surface area contributed by atoms with Gasteiger partial charge in [0.1, 0.15) is 0 Å². The maximum atomic E-state index is 12.0. The molecule has 25 heavy (non-hydrogen) atoms. The van der Waals surface area contributed by atoms with E-state index in [0.717, 1.165) is 11.1 Å². The normalized spacial score (nSPS) is 10.2. The SMILES string of the molecule is CN(C)C(=O)Nc1cccc(CNC(=O)CCc2ccccc2N)c1. The number of nitrogens with one attached hydrogen (secondary N) is 2. The molecule has 0 unspecified atom stereocenters. The molecule has 0 radical (unpaired) electrons.